The zero-order chi connectivity index (χ0) is 9.97. The molecule has 1 saturated heterocycles. The van der Waals surface area contributed by atoms with Gasteiger partial charge in [0.2, 0.25) is 0 Å². The van der Waals surface area contributed by atoms with Gasteiger partial charge in [0, 0.05) is 25.0 Å². The topological polar surface area (TPSA) is 44.0 Å². The number of likely N-dealkylation sites (tertiary alicyclic amines) is 1. The van der Waals surface area contributed by atoms with E-state index in [0.29, 0.717) is 12.0 Å². The highest BCUT2D eigenvalue weighted by Gasteiger charge is 2.24. The van der Waals surface area contributed by atoms with Crippen LogP contribution in [0.4, 0.5) is 5.95 Å². The first-order valence-electron chi connectivity index (χ1n) is 5.20. The molecule has 1 aromatic heterocycles. The van der Waals surface area contributed by atoms with Gasteiger partial charge in [0.15, 0.2) is 5.95 Å². The Kier molecular flexibility index (Phi) is 2.72. The van der Waals surface area contributed by atoms with Crippen molar-refractivity contribution in [3.8, 4) is 0 Å². The van der Waals surface area contributed by atoms with Crippen molar-refractivity contribution in [2.45, 2.75) is 19.4 Å². The summed E-state index contributed by atoms with van der Waals surface area (Å²) in [5, 5.41) is 3.44. The fourth-order valence-corrected chi connectivity index (χ4v) is 2.09. The summed E-state index contributed by atoms with van der Waals surface area (Å²) in [6.45, 7) is 4.62. The molecule has 0 bridgehead atoms. The van der Waals surface area contributed by atoms with Crippen LogP contribution in [-0.2, 0) is 0 Å². The van der Waals surface area contributed by atoms with E-state index in [2.05, 4.69) is 34.2 Å². The lowest BCUT2D eigenvalue weighted by molar-refractivity contribution is 0.206. The third kappa shape index (κ3) is 2.07. The smallest absolute Gasteiger partial charge is 0.200 e. The summed E-state index contributed by atoms with van der Waals surface area (Å²) in [7, 11) is 2.18. The Labute approximate surface area is 84.7 Å². The first-order valence-corrected chi connectivity index (χ1v) is 5.20. The van der Waals surface area contributed by atoms with Crippen molar-refractivity contribution in [1.29, 1.82) is 0 Å². The fraction of sp³-hybridized carbons (Fsp3) is 0.700. The van der Waals surface area contributed by atoms with Gasteiger partial charge in [0.05, 0.1) is 0 Å². The van der Waals surface area contributed by atoms with Crippen molar-refractivity contribution in [3.63, 3.8) is 0 Å². The molecule has 0 spiro atoms. The molecule has 0 saturated carbocycles. The molecule has 2 heterocycles. The second-order valence-corrected chi connectivity index (χ2v) is 4.22. The van der Waals surface area contributed by atoms with Crippen LogP contribution in [0.1, 0.15) is 13.3 Å². The van der Waals surface area contributed by atoms with Crippen molar-refractivity contribution in [2.24, 2.45) is 5.92 Å². The van der Waals surface area contributed by atoms with Crippen molar-refractivity contribution >= 4 is 5.95 Å². The number of hydrogen-bond acceptors (Lipinski definition) is 3. The predicted molar refractivity (Wildman–Crippen MR) is 57.3 cm³/mol. The second-order valence-electron chi connectivity index (χ2n) is 4.22. The number of anilines is 1. The number of nitrogens with zero attached hydrogens (tertiary/aromatic N) is 2. The molecule has 0 aliphatic carbocycles. The molecule has 0 amide bonds. The number of aromatic nitrogens is 2. The molecule has 1 aliphatic heterocycles. The minimum absolute atomic E-state index is 0.553. The highest BCUT2D eigenvalue weighted by molar-refractivity contribution is 5.25. The molecule has 2 rings (SSSR count). The summed E-state index contributed by atoms with van der Waals surface area (Å²) in [5.74, 6) is 1.57. The normalized spacial score (nSPS) is 29.0. The van der Waals surface area contributed by atoms with E-state index in [0.717, 1.165) is 5.95 Å². The van der Waals surface area contributed by atoms with Gasteiger partial charge in [-0.3, -0.25) is 0 Å². The van der Waals surface area contributed by atoms with Crippen LogP contribution < -0.4 is 5.32 Å². The second kappa shape index (κ2) is 4.00. The van der Waals surface area contributed by atoms with Crippen LogP contribution in [0.3, 0.4) is 0 Å². The van der Waals surface area contributed by atoms with Crippen LogP contribution in [0.5, 0.6) is 0 Å². The molecule has 78 valence electrons. The minimum atomic E-state index is 0.553. The van der Waals surface area contributed by atoms with Gasteiger partial charge in [-0.1, -0.05) is 6.92 Å². The van der Waals surface area contributed by atoms with Gasteiger partial charge in [-0.15, -0.1) is 0 Å². The predicted octanol–water partition coefficient (Wildman–Crippen LogP) is 1.16. The molecule has 2 N–H and O–H groups in total. The summed E-state index contributed by atoms with van der Waals surface area (Å²) in [4.78, 5) is 9.64. The summed E-state index contributed by atoms with van der Waals surface area (Å²) in [6, 6.07) is 0.553. The molecular formula is C10H18N4. The minimum Gasteiger partial charge on any atom is -0.353 e. The van der Waals surface area contributed by atoms with E-state index < -0.39 is 0 Å². The van der Waals surface area contributed by atoms with E-state index >= 15 is 0 Å². The van der Waals surface area contributed by atoms with Gasteiger partial charge < -0.3 is 15.2 Å². The standard InChI is InChI=1S/C10H18N4/c1-8-7-14(2)6-3-9(8)13-10-11-4-5-12-10/h4-5,8-9H,3,6-7H2,1-2H3,(H2,11,12,13). The van der Waals surface area contributed by atoms with Crippen molar-refractivity contribution < 1.29 is 0 Å². The third-order valence-electron chi connectivity index (χ3n) is 2.93. The van der Waals surface area contributed by atoms with Crippen LogP contribution in [0, 0.1) is 5.92 Å². The Morgan fingerprint density at radius 1 is 1.64 bits per heavy atom. The van der Waals surface area contributed by atoms with Gasteiger partial charge in [0.1, 0.15) is 0 Å². The summed E-state index contributed by atoms with van der Waals surface area (Å²) < 4.78 is 0. The average Bonchev–Trinajstić information content (AvgIpc) is 2.62. The lowest BCUT2D eigenvalue weighted by Crippen LogP contribution is -2.43. The van der Waals surface area contributed by atoms with Gasteiger partial charge in [0.25, 0.3) is 0 Å². The summed E-state index contributed by atoms with van der Waals surface area (Å²) in [5.41, 5.74) is 0. The Hall–Kier alpha value is -1.03. The molecule has 1 aromatic rings. The van der Waals surface area contributed by atoms with Crippen LogP contribution in [0.25, 0.3) is 0 Å². The van der Waals surface area contributed by atoms with E-state index in [9.17, 15) is 0 Å². The van der Waals surface area contributed by atoms with E-state index in [1.54, 1.807) is 6.20 Å². The summed E-state index contributed by atoms with van der Waals surface area (Å²) >= 11 is 0. The Morgan fingerprint density at radius 3 is 3.14 bits per heavy atom. The van der Waals surface area contributed by atoms with Crippen LogP contribution in [0.15, 0.2) is 12.4 Å². The maximum atomic E-state index is 4.18. The molecule has 0 aromatic carbocycles. The van der Waals surface area contributed by atoms with E-state index in [1.165, 1.54) is 19.5 Å². The zero-order valence-electron chi connectivity index (χ0n) is 8.83. The SMILES string of the molecule is CC1CN(C)CCC1Nc1ncc[nH]1. The number of H-pyrrole nitrogens is 1. The number of piperidine rings is 1. The Morgan fingerprint density at radius 2 is 2.50 bits per heavy atom. The largest absolute Gasteiger partial charge is 0.353 e. The fourth-order valence-electron chi connectivity index (χ4n) is 2.09. The number of hydrogen-bond donors (Lipinski definition) is 2. The van der Waals surface area contributed by atoms with Gasteiger partial charge >= 0.3 is 0 Å². The number of rotatable bonds is 2. The van der Waals surface area contributed by atoms with Crippen LogP contribution in [-0.4, -0.2) is 41.0 Å². The quantitative estimate of drug-likeness (QED) is 0.742. The van der Waals surface area contributed by atoms with Crippen molar-refractivity contribution in [3.05, 3.63) is 12.4 Å². The highest BCUT2D eigenvalue weighted by Crippen LogP contribution is 2.18. The number of aromatic amines is 1. The van der Waals surface area contributed by atoms with Gasteiger partial charge in [-0.25, -0.2) is 4.98 Å². The number of nitrogens with one attached hydrogen (secondary N) is 2. The van der Waals surface area contributed by atoms with Gasteiger partial charge in [-0.05, 0) is 25.9 Å². The van der Waals surface area contributed by atoms with E-state index in [-0.39, 0.29) is 0 Å². The third-order valence-corrected chi connectivity index (χ3v) is 2.93. The zero-order valence-corrected chi connectivity index (χ0v) is 8.83. The molecule has 4 nitrogen and oxygen atoms in total. The molecule has 2 atom stereocenters. The van der Waals surface area contributed by atoms with Crippen molar-refractivity contribution in [2.75, 3.05) is 25.5 Å². The molecule has 0 radical (unpaired) electrons. The Balaban J connectivity index is 1.92. The van der Waals surface area contributed by atoms with Crippen molar-refractivity contribution in [1.82, 2.24) is 14.9 Å². The van der Waals surface area contributed by atoms with Gasteiger partial charge in [-0.2, -0.15) is 0 Å². The first-order chi connectivity index (χ1) is 6.75. The van der Waals surface area contributed by atoms with E-state index in [4.69, 9.17) is 0 Å². The molecule has 4 heteroatoms. The molecule has 2 unspecified atom stereocenters. The van der Waals surface area contributed by atoms with Crippen LogP contribution >= 0.6 is 0 Å². The average molecular weight is 194 g/mol. The molecule has 1 aliphatic rings. The monoisotopic (exact) mass is 194 g/mol. The Bertz CT molecular complexity index is 270. The lowest BCUT2D eigenvalue weighted by Gasteiger charge is -2.35. The molecule has 14 heavy (non-hydrogen) atoms. The van der Waals surface area contributed by atoms with Crippen LogP contribution in [0.2, 0.25) is 0 Å². The number of imidazole rings is 1. The molecule has 1 fully saturated rings. The maximum absolute atomic E-state index is 4.18. The lowest BCUT2D eigenvalue weighted by atomic mass is 9.94. The maximum Gasteiger partial charge on any atom is 0.200 e. The molecular weight excluding hydrogens is 176 g/mol. The first kappa shape index (κ1) is 9.52. The van der Waals surface area contributed by atoms with E-state index in [1.807, 2.05) is 6.20 Å². The highest BCUT2D eigenvalue weighted by atomic mass is 15.2. The summed E-state index contributed by atoms with van der Waals surface area (Å²) in [6.07, 6.45) is 4.82.